The predicted molar refractivity (Wildman–Crippen MR) is 83.7 cm³/mol. The zero-order valence-corrected chi connectivity index (χ0v) is 12.7. The fraction of sp³-hybridized carbons (Fsp3) is 0.250. The minimum Gasteiger partial charge on any atom is -0.487 e. The Hall–Kier alpha value is -2.76. The number of hydrogen-bond donors (Lipinski definition) is 2. The van der Waals surface area contributed by atoms with Gasteiger partial charge in [-0.2, -0.15) is 0 Å². The molecule has 3 N–H and O–H groups in total. The largest absolute Gasteiger partial charge is 0.487 e. The molecule has 1 aromatic heterocycles. The van der Waals surface area contributed by atoms with Crippen LogP contribution in [-0.4, -0.2) is 17.6 Å². The SMILES string of the molecule is C=CCNC(=O)c1ccc(OCc2c(C)noc2C)c(N)c1. The number of amides is 1. The molecule has 6 nitrogen and oxygen atoms in total. The molecule has 0 aliphatic heterocycles. The number of ether oxygens (including phenoxy) is 1. The van der Waals surface area contributed by atoms with Crippen molar-refractivity contribution < 1.29 is 14.1 Å². The lowest BCUT2D eigenvalue weighted by Crippen LogP contribution is -2.23. The van der Waals surface area contributed by atoms with Crippen LogP contribution >= 0.6 is 0 Å². The molecule has 0 bridgehead atoms. The molecule has 0 aliphatic carbocycles. The maximum atomic E-state index is 11.8. The molecule has 2 rings (SSSR count). The number of nitrogens with two attached hydrogens (primary N) is 1. The summed E-state index contributed by atoms with van der Waals surface area (Å²) in [6.45, 7) is 7.95. The van der Waals surface area contributed by atoms with E-state index in [-0.39, 0.29) is 5.91 Å². The van der Waals surface area contributed by atoms with E-state index in [0.29, 0.717) is 30.2 Å². The normalized spacial score (nSPS) is 10.3. The number of carbonyl (C=O) groups is 1. The standard InChI is InChI=1S/C16H19N3O3/c1-4-7-18-16(20)12-5-6-15(14(17)8-12)21-9-13-10(2)19-22-11(13)3/h4-6,8H,1,7,9,17H2,2-3H3,(H,18,20). The summed E-state index contributed by atoms with van der Waals surface area (Å²) in [5.74, 6) is 1.03. The van der Waals surface area contributed by atoms with Crippen LogP contribution < -0.4 is 15.8 Å². The fourth-order valence-electron chi connectivity index (χ4n) is 1.95. The Morgan fingerprint density at radius 1 is 1.50 bits per heavy atom. The molecule has 0 saturated heterocycles. The Bertz CT molecular complexity index is 672. The average molecular weight is 301 g/mol. The molecule has 1 aromatic carbocycles. The molecule has 0 atom stereocenters. The maximum absolute atomic E-state index is 11.8. The summed E-state index contributed by atoms with van der Waals surface area (Å²) in [6, 6.07) is 4.93. The van der Waals surface area contributed by atoms with Crippen LogP contribution in [0.5, 0.6) is 5.75 Å². The summed E-state index contributed by atoms with van der Waals surface area (Å²) >= 11 is 0. The van der Waals surface area contributed by atoms with Gasteiger partial charge < -0.3 is 20.3 Å². The number of rotatable bonds is 6. The highest BCUT2D eigenvalue weighted by Gasteiger charge is 2.12. The van der Waals surface area contributed by atoms with Gasteiger partial charge in [0.1, 0.15) is 18.1 Å². The molecule has 116 valence electrons. The molecule has 0 aliphatic rings. The van der Waals surface area contributed by atoms with E-state index in [1.54, 1.807) is 24.3 Å². The third-order valence-corrected chi connectivity index (χ3v) is 3.23. The Morgan fingerprint density at radius 3 is 2.86 bits per heavy atom. The number of anilines is 1. The van der Waals surface area contributed by atoms with Crippen LogP contribution in [0.3, 0.4) is 0 Å². The van der Waals surface area contributed by atoms with E-state index < -0.39 is 0 Å². The summed E-state index contributed by atoms with van der Waals surface area (Å²) in [6.07, 6.45) is 1.61. The number of benzene rings is 1. The van der Waals surface area contributed by atoms with Crippen molar-refractivity contribution in [2.24, 2.45) is 0 Å². The number of carbonyl (C=O) groups excluding carboxylic acids is 1. The number of nitrogen functional groups attached to an aromatic ring is 1. The molecule has 1 heterocycles. The lowest BCUT2D eigenvalue weighted by Gasteiger charge is -2.10. The molecular formula is C16H19N3O3. The fourth-order valence-corrected chi connectivity index (χ4v) is 1.95. The van der Waals surface area contributed by atoms with Gasteiger partial charge in [0.05, 0.1) is 16.9 Å². The first-order valence-electron chi connectivity index (χ1n) is 6.86. The van der Waals surface area contributed by atoms with Gasteiger partial charge >= 0.3 is 0 Å². The van der Waals surface area contributed by atoms with E-state index in [2.05, 4.69) is 17.1 Å². The Morgan fingerprint density at radius 2 is 2.27 bits per heavy atom. The number of aromatic nitrogens is 1. The van der Waals surface area contributed by atoms with E-state index in [1.165, 1.54) is 0 Å². The molecule has 0 unspecified atom stereocenters. The van der Waals surface area contributed by atoms with Crippen LogP contribution in [0, 0.1) is 13.8 Å². The average Bonchev–Trinajstić information content (AvgIpc) is 2.82. The molecule has 0 fully saturated rings. The van der Waals surface area contributed by atoms with Crippen molar-refractivity contribution in [3.8, 4) is 5.75 Å². The minimum absolute atomic E-state index is 0.205. The van der Waals surface area contributed by atoms with Crippen molar-refractivity contribution in [2.75, 3.05) is 12.3 Å². The second-order valence-corrected chi connectivity index (χ2v) is 4.84. The quantitative estimate of drug-likeness (QED) is 0.631. The molecular weight excluding hydrogens is 282 g/mol. The first kappa shape index (κ1) is 15.6. The van der Waals surface area contributed by atoms with E-state index in [4.69, 9.17) is 15.0 Å². The summed E-state index contributed by atoms with van der Waals surface area (Å²) in [4.78, 5) is 11.8. The van der Waals surface area contributed by atoms with Gasteiger partial charge in [-0.15, -0.1) is 6.58 Å². The van der Waals surface area contributed by atoms with Crippen molar-refractivity contribution in [2.45, 2.75) is 20.5 Å². The first-order chi connectivity index (χ1) is 10.5. The topological polar surface area (TPSA) is 90.4 Å². The van der Waals surface area contributed by atoms with Crippen molar-refractivity contribution in [1.29, 1.82) is 0 Å². The molecule has 0 spiro atoms. The number of hydrogen-bond acceptors (Lipinski definition) is 5. The van der Waals surface area contributed by atoms with Crippen LogP contribution in [-0.2, 0) is 6.61 Å². The van der Waals surface area contributed by atoms with Gasteiger partial charge in [-0.3, -0.25) is 4.79 Å². The van der Waals surface area contributed by atoms with Gasteiger partial charge in [0, 0.05) is 12.1 Å². The third-order valence-electron chi connectivity index (χ3n) is 3.23. The van der Waals surface area contributed by atoms with Crippen molar-refractivity contribution in [3.05, 3.63) is 53.4 Å². The van der Waals surface area contributed by atoms with Gasteiger partial charge in [-0.25, -0.2) is 0 Å². The number of nitrogens with zero attached hydrogens (tertiary/aromatic N) is 1. The van der Waals surface area contributed by atoms with Crippen LogP contribution in [0.25, 0.3) is 0 Å². The molecule has 1 amide bonds. The van der Waals surface area contributed by atoms with Crippen molar-refractivity contribution in [3.63, 3.8) is 0 Å². The lowest BCUT2D eigenvalue weighted by molar-refractivity contribution is 0.0958. The highest BCUT2D eigenvalue weighted by Crippen LogP contribution is 2.24. The minimum atomic E-state index is -0.205. The summed E-state index contributed by atoms with van der Waals surface area (Å²) in [7, 11) is 0. The number of nitrogens with one attached hydrogen (secondary N) is 1. The predicted octanol–water partition coefficient (Wildman–Crippen LogP) is 2.37. The first-order valence-corrected chi connectivity index (χ1v) is 6.86. The van der Waals surface area contributed by atoms with Crippen LogP contribution in [0.15, 0.2) is 35.4 Å². The third kappa shape index (κ3) is 3.46. The molecule has 2 aromatic rings. The maximum Gasteiger partial charge on any atom is 0.251 e. The van der Waals surface area contributed by atoms with Gasteiger partial charge in [0.15, 0.2) is 0 Å². The molecule has 0 radical (unpaired) electrons. The van der Waals surface area contributed by atoms with Gasteiger partial charge in [0.25, 0.3) is 5.91 Å². The van der Waals surface area contributed by atoms with Gasteiger partial charge in [-0.05, 0) is 32.0 Å². The zero-order chi connectivity index (χ0) is 16.1. The zero-order valence-electron chi connectivity index (χ0n) is 12.7. The van der Waals surface area contributed by atoms with Crippen LogP contribution in [0.1, 0.15) is 27.4 Å². The van der Waals surface area contributed by atoms with E-state index in [1.807, 2.05) is 13.8 Å². The van der Waals surface area contributed by atoms with Crippen molar-refractivity contribution >= 4 is 11.6 Å². The molecule has 6 heteroatoms. The van der Waals surface area contributed by atoms with Gasteiger partial charge in [-0.1, -0.05) is 11.2 Å². The highest BCUT2D eigenvalue weighted by atomic mass is 16.5. The summed E-state index contributed by atoms with van der Waals surface area (Å²) < 4.78 is 10.8. The van der Waals surface area contributed by atoms with E-state index >= 15 is 0 Å². The van der Waals surface area contributed by atoms with Crippen LogP contribution in [0.4, 0.5) is 5.69 Å². The Kier molecular flexibility index (Phi) is 4.83. The van der Waals surface area contributed by atoms with Crippen molar-refractivity contribution in [1.82, 2.24) is 10.5 Å². The Labute approximate surface area is 128 Å². The smallest absolute Gasteiger partial charge is 0.251 e. The lowest BCUT2D eigenvalue weighted by atomic mass is 10.1. The summed E-state index contributed by atoms with van der Waals surface area (Å²) in [5.41, 5.74) is 8.50. The summed E-state index contributed by atoms with van der Waals surface area (Å²) in [5, 5.41) is 6.56. The second-order valence-electron chi connectivity index (χ2n) is 4.84. The molecule has 0 saturated carbocycles. The van der Waals surface area contributed by atoms with E-state index in [9.17, 15) is 4.79 Å². The Balaban J connectivity index is 2.07. The molecule has 22 heavy (non-hydrogen) atoms. The highest BCUT2D eigenvalue weighted by molar-refractivity contribution is 5.95. The number of aryl methyl sites for hydroxylation is 2. The second kappa shape index (κ2) is 6.80. The monoisotopic (exact) mass is 301 g/mol. The van der Waals surface area contributed by atoms with Gasteiger partial charge in [0.2, 0.25) is 0 Å². The van der Waals surface area contributed by atoms with Crippen LogP contribution in [0.2, 0.25) is 0 Å². The van der Waals surface area contributed by atoms with E-state index in [0.717, 1.165) is 17.0 Å².